The monoisotopic (exact) mass is 541 g/mol. The number of sulfonamides is 1. The van der Waals surface area contributed by atoms with Crippen LogP contribution in [0.3, 0.4) is 0 Å². The molecule has 1 amide bonds. The van der Waals surface area contributed by atoms with Gasteiger partial charge in [-0.25, -0.2) is 8.42 Å². The summed E-state index contributed by atoms with van der Waals surface area (Å²) in [4.78, 5) is 13.0. The minimum absolute atomic E-state index is 0.0472. The lowest BCUT2D eigenvalue weighted by Gasteiger charge is -2.32. The highest BCUT2D eigenvalue weighted by molar-refractivity contribution is 7.92. The van der Waals surface area contributed by atoms with Crippen LogP contribution in [0.15, 0.2) is 35.2 Å². The van der Waals surface area contributed by atoms with Gasteiger partial charge in [0.1, 0.15) is 22.1 Å². The quantitative estimate of drug-likeness (QED) is 0.436. The average molecular weight is 542 g/mol. The van der Waals surface area contributed by atoms with Crippen molar-refractivity contribution in [2.24, 2.45) is 0 Å². The lowest BCUT2D eigenvalue weighted by molar-refractivity contribution is 0.0926. The number of ether oxygens (including phenoxy) is 3. The Hall–Kier alpha value is -2.76. The molecule has 0 saturated heterocycles. The Morgan fingerprint density at radius 1 is 1.29 bits per heavy atom. The molecule has 1 aliphatic rings. The molecule has 35 heavy (non-hydrogen) atoms. The Kier molecular flexibility index (Phi) is 8.68. The SMILES string of the molecule is CCOc1cc2c(cc1S(=O)(=O)NC(=S)NC)C(C(C)NC(=O)c1cc(Cl)ccc1OC)CCO2. The third-order valence-electron chi connectivity index (χ3n) is 5.57. The van der Waals surface area contributed by atoms with Gasteiger partial charge in [0.2, 0.25) is 0 Å². The summed E-state index contributed by atoms with van der Waals surface area (Å²) in [7, 11) is -1.05. The van der Waals surface area contributed by atoms with E-state index in [1.807, 2.05) is 6.92 Å². The zero-order valence-electron chi connectivity index (χ0n) is 19.8. The van der Waals surface area contributed by atoms with Crippen molar-refractivity contribution in [2.45, 2.75) is 37.1 Å². The third-order valence-corrected chi connectivity index (χ3v) is 7.62. The molecular weight excluding hydrogens is 514 g/mol. The molecule has 9 nitrogen and oxygen atoms in total. The number of carbonyl (C=O) groups excluding carboxylic acids is 1. The number of carbonyl (C=O) groups is 1. The fraction of sp³-hybridized carbons (Fsp3) is 0.391. The number of methoxy groups -OCH3 is 1. The highest BCUT2D eigenvalue weighted by Crippen LogP contribution is 2.41. The summed E-state index contributed by atoms with van der Waals surface area (Å²) in [5, 5.41) is 5.94. The summed E-state index contributed by atoms with van der Waals surface area (Å²) in [5.74, 6) is 0.464. The Morgan fingerprint density at radius 2 is 2.03 bits per heavy atom. The molecule has 3 rings (SSSR count). The molecule has 1 heterocycles. The highest BCUT2D eigenvalue weighted by Gasteiger charge is 2.32. The molecular formula is C23H28ClN3O6S2. The van der Waals surface area contributed by atoms with Crippen LogP contribution in [0.1, 0.15) is 42.1 Å². The highest BCUT2D eigenvalue weighted by atomic mass is 35.5. The summed E-state index contributed by atoms with van der Waals surface area (Å²) in [5.41, 5.74) is 0.945. The second-order valence-electron chi connectivity index (χ2n) is 7.80. The van der Waals surface area contributed by atoms with Gasteiger partial charge in [0.15, 0.2) is 5.11 Å². The number of benzene rings is 2. The molecule has 0 aliphatic carbocycles. The minimum atomic E-state index is -4.04. The van der Waals surface area contributed by atoms with Crippen LogP contribution >= 0.6 is 23.8 Å². The van der Waals surface area contributed by atoms with E-state index in [-0.39, 0.29) is 40.2 Å². The summed E-state index contributed by atoms with van der Waals surface area (Å²) in [6.45, 7) is 4.27. The minimum Gasteiger partial charge on any atom is -0.496 e. The van der Waals surface area contributed by atoms with E-state index in [9.17, 15) is 13.2 Å². The molecule has 0 bridgehead atoms. The van der Waals surface area contributed by atoms with Crippen molar-refractivity contribution in [2.75, 3.05) is 27.4 Å². The van der Waals surface area contributed by atoms with E-state index in [0.717, 1.165) is 0 Å². The summed E-state index contributed by atoms with van der Waals surface area (Å²) in [6, 6.07) is 7.52. The van der Waals surface area contributed by atoms with E-state index < -0.39 is 10.0 Å². The zero-order valence-corrected chi connectivity index (χ0v) is 22.2. The zero-order chi connectivity index (χ0) is 25.8. The van der Waals surface area contributed by atoms with Crippen LogP contribution in [0.5, 0.6) is 17.2 Å². The van der Waals surface area contributed by atoms with Gasteiger partial charge in [0.05, 0.1) is 25.9 Å². The molecule has 0 radical (unpaired) electrons. The van der Waals surface area contributed by atoms with Gasteiger partial charge in [0.25, 0.3) is 15.9 Å². The Bertz CT molecular complexity index is 1220. The van der Waals surface area contributed by atoms with Gasteiger partial charge in [-0.05, 0) is 56.8 Å². The number of nitrogens with one attached hydrogen (secondary N) is 3. The summed E-state index contributed by atoms with van der Waals surface area (Å²) in [6.07, 6.45) is 0.566. The van der Waals surface area contributed by atoms with E-state index in [0.29, 0.717) is 40.7 Å². The molecule has 1 aliphatic heterocycles. The number of rotatable bonds is 8. The average Bonchev–Trinajstić information content (AvgIpc) is 2.82. The normalized spacial score (nSPS) is 15.7. The van der Waals surface area contributed by atoms with Crippen molar-refractivity contribution in [1.29, 1.82) is 0 Å². The number of fused-ring (bicyclic) bond motifs is 1. The van der Waals surface area contributed by atoms with Gasteiger partial charge in [-0.3, -0.25) is 9.52 Å². The standard InChI is InChI=1S/C23H28ClN3O6S2/c1-5-32-20-12-19-16(11-21(20)35(29,30)27-23(34)25-3)15(8-9-33-19)13(2)26-22(28)17-10-14(24)6-7-18(17)31-4/h6-7,10-13,15H,5,8-9H2,1-4H3,(H,26,28)(H2,25,27,34). The number of halogens is 1. The van der Waals surface area contributed by atoms with E-state index in [1.165, 1.54) is 26.3 Å². The van der Waals surface area contributed by atoms with Crippen LogP contribution in [-0.2, 0) is 10.0 Å². The van der Waals surface area contributed by atoms with Crippen LogP contribution in [0.2, 0.25) is 5.02 Å². The fourth-order valence-electron chi connectivity index (χ4n) is 3.89. The molecule has 2 unspecified atom stereocenters. The maximum atomic E-state index is 13.1. The Labute approximate surface area is 215 Å². The van der Waals surface area contributed by atoms with Crippen LogP contribution in [0.25, 0.3) is 0 Å². The van der Waals surface area contributed by atoms with Crippen molar-refractivity contribution in [1.82, 2.24) is 15.4 Å². The number of thiocarbonyl (C=S) groups is 1. The first-order chi connectivity index (χ1) is 16.6. The van der Waals surface area contributed by atoms with Gasteiger partial charge in [-0.15, -0.1) is 0 Å². The second kappa shape index (κ2) is 11.3. The first kappa shape index (κ1) is 26.8. The maximum Gasteiger partial charge on any atom is 0.267 e. The van der Waals surface area contributed by atoms with Gasteiger partial charge in [-0.2, -0.15) is 0 Å². The summed E-state index contributed by atoms with van der Waals surface area (Å²) >= 11 is 11.1. The van der Waals surface area contributed by atoms with Gasteiger partial charge >= 0.3 is 0 Å². The Morgan fingerprint density at radius 3 is 2.69 bits per heavy atom. The number of hydrogen-bond acceptors (Lipinski definition) is 7. The van der Waals surface area contributed by atoms with E-state index >= 15 is 0 Å². The molecule has 2 atom stereocenters. The third kappa shape index (κ3) is 6.09. The van der Waals surface area contributed by atoms with Crippen molar-refractivity contribution in [3.05, 3.63) is 46.5 Å². The molecule has 12 heteroatoms. The number of amides is 1. The first-order valence-electron chi connectivity index (χ1n) is 10.9. The topological polar surface area (TPSA) is 115 Å². The molecule has 2 aromatic carbocycles. The van der Waals surface area contributed by atoms with Crippen LogP contribution in [-0.4, -0.2) is 52.9 Å². The molecule has 2 aromatic rings. The summed E-state index contributed by atoms with van der Waals surface area (Å²) < 4.78 is 45.2. The predicted molar refractivity (Wildman–Crippen MR) is 137 cm³/mol. The van der Waals surface area contributed by atoms with Crippen molar-refractivity contribution >= 4 is 44.9 Å². The van der Waals surface area contributed by atoms with E-state index in [2.05, 4.69) is 15.4 Å². The number of hydrogen-bond donors (Lipinski definition) is 3. The van der Waals surface area contributed by atoms with E-state index in [4.69, 9.17) is 38.0 Å². The van der Waals surface area contributed by atoms with Crippen LogP contribution < -0.4 is 29.6 Å². The predicted octanol–water partition coefficient (Wildman–Crippen LogP) is 3.21. The lowest BCUT2D eigenvalue weighted by Crippen LogP contribution is -2.39. The molecule has 0 saturated carbocycles. The lowest BCUT2D eigenvalue weighted by atomic mass is 9.87. The maximum absolute atomic E-state index is 13.1. The van der Waals surface area contributed by atoms with Crippen LogP contribution in [0, 0.1) is 0 Å². The smallest absolute Gasteiger partial charge is 0.267 e. The first-order valence-corrected chi connectivity index (χ1v) is 13.2. The second-order valence-corrected chi connectivity index (χ2v) is 10.3. The molecule has 0 spiro atoms. The van der Waals surface area contributed by atoms with Crippen molar-refractivity contribution < 1.29 is 27.4 Å². The largest absolute Gasteiger partial charge is 0.496 e. The van der Waals surface area contributed by atoms with Gasteiger partial charge < -0.3 is 24.8 Å². The van der Waals surface area contributed by atoms with E-state index in [1.54, 1.807) is 25.1 Å². The van der Waals surface area contributed by atoms with Gasteiger partial charge in [-0.1, -0.05) is 11.6 Å². The van der Waals surface area contributed by atoms with Crippen LogP contribution in [0.4, 0.5) is 0 Å². The fourth-order valence-corrected chi connectivity index (χ4v) is 5.51. The molecule has 0 fully saturated rings. The van der Waals surface area contributed by atoms with Crippen molar-refractivity contribution in [3.8, 4) is 17.2 Å². The van der Waals surface area contributed by atoms with Gasteiger partial charge in [0, 0.05) is 35.7 Å². The molecule has 3 N–H and O–H groups in total. The molecule has 0 aromatic heterocycles. The molecule has 190 valence electrons. The van der Waals surface area contributed by atoms with Crippen molar-refractivity contribution in [3.63, 3.8) is 0 Å². The Balaban J connectivity index is 1.97.